The van der Waals surface area contributed by atoms with Gasteiger partial charge in [-0.2, -0.15) is 0 Å². The Hall–Kier alpha value is -1.48. The maximum atomic E-state index is 12.1. The van der Waals surface area contributed by atoms with Crippen molar-refractivity contribution in [2.45, 2.75) is 10.9 Å². The molecule has 1 aromatic rings. The van der Waals surface area contributed by atoms with Crippen molar-refractivity contribution in [2.24, 2.45) is 0 Å². The molecule has 0 radical (unpaired) electrons. The van der Waals surface area contributed by atoms with Gasteiger partial charge < -0.3 is 14.9 Å². The second-order valence-electron chi connectivity index (χ2n) is 3.67. The van der Waals surface area contributed by atoms with Gasteiger partial charge in [0.15, 0.2) is 0 Å². The van der Waals surface area contributed by atoms with Crippen molar-refractivity contribution in [1.29, 1.82) is 0 Å². The summed E-state index contributed by atoms with van der Waals surface area (Å²) in [5.74, 6) is -0.787. The number of hydrogen-bond acceptors (Lipinski definition) is 6. The molecular weight excluding hydrogens is 274 g/mol. The monoisotopic (exact) mass is 289 g/mol. The standard InChI is InChI=1S/C11H15NO6S/c1-18-11(15)9-4-2-3-5-10(9)19(16,17)12-8(6-13)7-14/h2-5,8,12-14H,6-7H2,1H3. The fourth-order valence-electron chi connectivity index (χ4n) is 1.39. The second kappa shape index (κ2) is 6.62. The first-order valence-corrected chi connectivity index (χ1v) is 6.86. The maximum Gasteiger partial charge on any atom is 0.339 e. The molecule has 0 aromatic heterocycles. The number of rotatable bonds is 6. The maximum absolute atomic E-state index is 12.1. The van der Waals surface area contributed by atoms with Gasteiger partial charge in [-0.05, 0) is 12.1 Å². The van der Waals surface area contributed by atoms with Gasteiger partial charge in [0.2, 0.25) is 10.0 Å². The second-order valence-corrected chi connectivity index (χ2v) is 5.35. The normalized spacial score (nSPS) is 11.6. The number of aliphatic hydroxyl groups is 2. The van der Waals surface area contributed by atoms with Gasteiger partial charge in [0, 0.05) is 0 Å². The summed E-state index contributed by atoms with van der Waals surface area (Å²) in [6, 6.07) is 4.47. The van der Waals surface area contributed by atoms with E-state index in [1.165, 1.54) is 24.3 Å². The van der Waals surface area contributed by atoms with Crippen molar-refractivity contribution in [1.82, 2.24) is 4.72 Å². The third-order valence-electron chi connectivity index (χ3n) is 2.34. The van der Waals surface area contributed by atoms with E-state index in [2.05, 4.69) is 9.46 Å². The summed E-state index contributed by atoms with van der Waals surface area (Å²) in [7, 11) is -2.90. The fourth-order valence-corrected chi connectivity index (χ4v) is 2.81. The van der Waals surface area contributed by atoms with Gasteiger partial charge in [0.25, 0.3) is 0 Å². The van der Waals surface area contributed by atoms with E-state index in [9.17, 15) is 13.2 Å². The van der Waals surface area contributed by atoms with E-state index in [0.717, 1.165) is 7.11 Å². The van der Waals surface area contributed by atoms with E-state index in [1.54, 1.807) is 0 Å². The van der Waals surface area contributed by atoms with Crippen molar-refractivity contribution in [3.8, 4) is 0 Å². The first-order chi connectivity index (χ1) is 8.96. The minimum absolute atomic E-state index is 0.118. The molecule has 0 saturated heterocycles. The lowest BCUT2D eigenvalue weighted by Gasteiger charge is -2.15. The van der Waals surface area contributed by atoms with E-state index in [4.69, 9.17) is 10.2 Å². The Labute approximate surface area is 110 Å². The summed E-state index contributed by atoms with van der Waals surface area (Å²) in [5, 5.41) is 17.8. The largest absolute Gasteiger partial charge is 0.465 e. The predicted molar refractivity (Wildman–Crippen MR) is 66.1 cm³/mol. The molecule has 0 fully saturated rings. The summed E-state index contributed by atoms with van der Waals surface area (Å²) in [5.41, 5.74) is -0.118. The van der Waals surface area contributed by atoms with Crippen molar-refractivity contribution in [3.63, 3.8) is 0 Å². The van der Waals surface area contributed by atoms with Crippen molar-refractivity contribution in [2.75, 3.05) is 20.3 Å². The van der Waals surface area contributed by atoms with Crippen LogP contribution in [-0.4, -0.2) is 51.0 Å². The number of aliphatic hydroxyl groups excluding tert-OH is 2. The molecule has 0 unspecified atom stereocenters. The number of ether oxygens (including phenoxy) is 1. The Morgan fingerprint density at radius 3 is 2.42 bits per heavy atom. The van der Waals surface area contributed by atoms with Gasteiger partial charge in [-0.3, -0.25) is 0 Å². The number of hydrogen-bond donors (Lipinski definition) is 3. The molecule has 0 aliphatic rings. The predicted octanol–water partition coefficient (Wildman–Crippen LogP) is -0.895. The molecule has 0 bridgehead atoms. The van der Waals surface area contributed by atoms with Crippen molar-refractivity contribution < 1.29 is 28.2 Å². The first-order valence-electron chi connectivity index (χ1n) is 5.37. The molecule has 19 heavy (non-hydrogen) atoms. The highest BCUT2D eigenvalue weighted by Crippen LogP contribution is 2.16. The van der Waals surface area contributed by atoms with E-state index < -0.39 is 35.2 Å². The molecule has 0 heterocycles. The van der Waals surface area contributed by atoms with Crippen LogP contribution >= 0.6 is 0 Å². The Morgan fingerprint density at radius 2 is 1.89 bits per heavy atom. The summed E-state index contributed by atoms with van der Waals surface area (Å²) < 4.78 is 30.7. The molecule has 1 rings (SSSR count). The SMILES string of the molecule is COC(=O)c1ccccc1S(=O)(=O)NC(CO)CO. The Balaban J connectivity index is 3.18. The van der Waals surface area contributed by atoms with Crippen molar-refractivity contribution in [3.05, 3.63) is 29.8 Å². The Kier molecular flexibility index (Phi) is 5.43. The summed E-state index contributed by atoms with van der Waals surface area (Å²) >= 11 is 0. The van der Waals surface area contributed by atoms with Crippen LogP contribution in [0.5, 0.6) is 0 Å². The van der Waals surface area contributed by atoms with Crippen LogP contribution in [0, 0.1) is 0 Å². The van der Waals surface area contributed by atoms with Crippen molar-refractivity contribution >= 4 is 16.0 Å². The van der Waals surface area contributed by atoms with Crippen LogP contribution in [0.2, 0.25) is 0 Å². The van der Waals surface area contributed by atoms with Gasteiger partial charge in [-0.25, -0.2) is 17.9 Å². The van der Waals surface area contributed by atoms with Crippen LogP contribution in [0.15, 0.2) is 29.2 Å². The summed E-state index contributed by atoms with van der Waals surface area (Å²) in [6.45, 7) is -1.12. The van der Waals surface area contributed by atoms with Crippen LogP contribution < -0.4 is 4.72 Å². The molecule has 0 amide bonds. The number of sulfonamides is 1. The van der Waals surface area contributed by atoms with Gasteiger partial charge in [0.05, 0.1) is 36.8 Å². The van der Waals surface area contributed by atoms with E-state index in [1.807, 2.05) is 0 Å². The Morgan fingerprint density at radius 1 is 1.32 bits per heavy atom. The zero-order valence-corrected chi connectivity index (χ0v) is 11.1. The average molecular weight is 289 g/mol. The average Bonchev–Trinajstić information content (AvgIpc) is 2.43. The molecular formula is C11H15NO6S. The third-order valence-corrected chi connectivity index (χ3v) is 3.92. The van der Waals surface area contributed by atoms with Crippen LogP contribution in [0.25, 0.3) is 0 Å². The fraction of sp³-hybridized carbons (Fsp3) is 0.364. The minimum Gasteiger partial charge on any atom is -0.465 e. The number of methoxy groups -OCH3 is 1. The zero-order chi connectivity index (χ0) is 14.5. The lowest BCUT2D eigenvalue weighted by atomic mass is 10.2. The molecule has 8 heteroatoms. The smallest absolute Gasteiger partial charge is 0.339 e. The lowest BCUT2D eigenvalue weighted by molar-refractivity contribution is 0.0596. The summed E-state index contributed by atoms with van der Waals surface area (Å²) in [6.07, 6.45) is 0. The zero-order valence-electron chi connectivity index (χ0n) is 10.2. The molecule has 7 nitrogen and oxygen atoms in total. The molecule has 0 atom stereocenters. The lowest BCUT2D eigenvalue weighted by Crippen LogP contribution is -2.40. The molecule has 0 aliphatic heterocycles. The molecule has 3 N–H and O–H groups in total. The highest BCUT2D eigenvalue weighted by molar-refractivity contribution is 7.89. The topological polar surface area (TPSA) is 113 Å². The number of carbonyl (C=O) groups excluding carboxylic acids is 1. The van der Waals surface area contributed by atoms with Gasteiger partial charge in [-0.1, -0.05) is 12.1 Å². The molecule has 0 spiro atoms. The molecule has 1 aromatic carbocycles. The number of esters is 1. The molecule has 0 aliphatic carbocycles. The quantitative estimate of drug-likeness (QED) is 0.585. The van der Waals surface area contributed by atoms with Gasteiger partial charge in [-0.15, -0.1) is 0 Å². The molecule has 106 valence electrons. The van der Waals surface area contributed by atoms with E-state index in [-0.39, 0.29) is 10.5 Å². The minimum atomic E-state index is -4.04. The first kappa shape index (κ1) is 15.6. The van der Waals surface area contributed by atoms with Crippen LogP contribution in [0.4, 0.5) is 0 Å². The van der Waals surface area contributed by atoms with Crippen LogP contribution in [0.3, 0.4) is 0 Å². The van der Waals surface area contributed by atoms with Crippen LogP contribution in [0.1, 0.15) is 10.4 Å². The number of benzene rings is 1. The molecule has 0 saturated carbocycles. The highest BCUT2D eigenvalue weighted by Gasteiger charge is 2.24. The third kappa shape index (κ3) is 3.74. The van der Waals surface area contributed by atoms with Crippen LogP contribution in [-0.2, 0) is 14.8 Å². The Bertz CT molecular complexity index is 538. The van der Waals surface area contributed by atoms with Gasteiger partial charge >= 0.3 is 5.97 Å². The summed E-state index contributed by atoms with van der Waals surface area (Å²) in [4.78, 5) is 11.2. The number of nitrogens with one attached hydrogen (secondary N) is 1. The number of carbonyl (C=O) groups is 1. The van der Waals surface area contributed by atoms with Gasteiger partial charge in [0.1, 0.15) is 0 Å². The van der Waals surface area contributed by atoms with E-state index in [0.29, 0.717) is 0 Å². The highest BCUT2D eigenvalue weighted by atomic mass is 32.2. The van der Waals surface area contributed by atoms with E-state index >= 15 is 0 Å².